The first-order valence-electron chi connectivity index (χ1n) is 5.53. The van der Waals surface area contributed by atoms with Crippen LogP contribution in [0.4, 0.5) is 0 Å². The lowest BCUT2D eigenvalue weighted by Crippen LogP contribution is -2.24. The van der Waals surface area contributed by atoms with Crippen LogP contribution in [-0.4, -0.2) is 17.5 Å². The molecule has 0 fully saturated rings. The monoisotopic (exact) mass is 212 g/mol. The average molecular weight is 212 g/mol. The maximum absolute atomic E-state index is 11.2. The Kier molecular flexibility index (Phi) is 4.48. The first-order valence-corrected chi connectivity index (χ1v) is 5.53. The van der Waals surface area contributed by atoms with Gasteiger partial charge in [0, 0.05) is 6.42 Å². The molecular formula is C12H20O3. The van der Waals surface area contributed by atoms with Crippen molar-refractivity contribution in [2.75, 3.05) is 0 Å². The first-order chi connectivity index (χ1) is 6.97. The topological polar surface area (TPSA) is 35.5 Å². The molecule has 0 radical (unpaired) electrons. The summed E-state index contributed by atoms with van der Waals surface area (Å²) in [6.07, 6.45) is 6.84. The van der Waals surface area contributed by atoms with Crippen LogP contribution in [0.15, 0.2) is 12.2 Å². The highest BCUT2D eigenvalue weighted by atomic mass is 17.2. The van der Waals surface area contributed by atoms with Gasteiger partial charge in [-0.25, -0.2) is 9.78 Å². The molecule has 0 spiro atoms. The van der Waals surface area contributed by atoms with Gasteiger partial charge < -0.3 is 0 Å². The SMILES string of the molecule is CC(C)(C)OOC1/C=C\C(=O)CCCC1. The molecule has 0 aromatic carbocycles. The normalized spacial score (nSPS) is 25.8. The molecule has 1 atom stereocenters. The summed E-state index contributed by atoms with van der Waals surface area (Å²) in [5, 5.41) is 0. The number of allylic oxidation sites excluding steroid dienone is 1. The van der Waals surface area contributed by atoms with Gasteiger partial charge in [0.25, 0.3) is 0 Å². The van der Waals surface area contributed by atoms with Gasteiger partial charge in [0.15, 0.2) is 5.78 Å². The van der Waals surface area contributed by atoms with Gasteiger partial charge in [0.1, 0.15) is 6.10 Å². The maximum atomic E-state index is 11.2. The molecule has 0 N–H and O–H groups in total. The van der Waals surface area contributed by atoms with E-state index in [1.165, 1.54) is 0 Å². The van der Waals surface area contributed by atoms with E-state index >= 15 is 0 Å². The summed E-state index contributed by atoms with van der Waals surface area (Å²) in [4.78, 5) is 21.7. The lowest BCUT2D eigenvalue weighted by Gasteiger charge is -2.22. The molecule has 0 aromatic heterocycles. The van der Waals surface area contributed by atoms with E-state index in [0.29, 0.717) is 6.42 Å². The van der Waals surface area contributed by atoms with Crippen molar-refractivity contribution < 1.29 is 14.6 Å². The van der Waals surface area contributed by atoms with Gasteiger partial charge in [-0.05, 0) is 52.2 Å². The van der Waals surface area contributed by atoms with E-state index < -0.39 is 0 Å². The third-order valence-electron chi connectivity index (χ3n) is 2.08. The minimum atomic E-state index is -0.305. The molecule has 0 saturated heterocycles. The van der Waals surface area contributed by atoms with Crippen LogP contribution < -0.4 is 0 Å². The van der Waals surface area contributed by atoms with E-state index in [-0.39, 0.29) is 17.5 Å². The second-order valence-corrected chi connectivity index (χ2v) is 4.90. The van der Waals surface area contributed by atoms with Crippen molar-refractivity contribution in [2.45, 2.75) is 58.2 Å². The number of carbonyl (C=O) groups excluding carboxylic acids is 1. The Hall–Kier alpha value is -0.670. The maximum Gasteiger partial charge on any atom is 0.155 e. The summed E-state index contributed by atoms with van der Waals surface area (Å²) in [6, 6.07) is 0. The van der Waals surface area contributed by atoms with Crippen molar-refractivity contribution in [1.82, 2.24) is 0 Å². The highest BCUT2D eigenvalue weighted by Crippen LogP contribution is 2.16. The van der Waals surface area contributed by atoms with Gasteiger partial charge in [-0.2, -0.15) is 0 Å². The predicted molar refractivity (Wildman–Crippen MR) is 58.3 cm³/mol. The first kappa shape index (κ1) is 12.4. The van der Waals surface area contributed by atoms with Crippen molar-refractivity contribution in [3.05, 3.63) is 12.2 Å². The minimum Gasteiger partial charge on any atom is -0.295 e. The lowest BCUT2D eigenvalue weighted by atomic mass is 10.0. The molecule has 15 heavy (non-hydrogen) atoms. The van der Waals surface area contributed by atoms with Crippen molar-refractivity contribution >= 4 is 5.78 Å². The highest BCUT2D eigenvalue weighted by Gasteiger charge is 2.16. The summed E-state index contributed by atoms with van der Waals surface area (Å²) in [5.74, 6) is 0.180. The van der Waals surface area contributed by atoms with Crippen LogP contribution >= 0.6 is 0 Å². The molecule has 1 rings (SSSR count). The summed E-state index contributed by atoms with van der Waals surface area (Å²) in [6.45, 7) is 5.81. The number of hydrogen-bond donors (Lipinski definition) is 0. The minimum absolute atomic E-state index is 0.0894. The van der Waals surface area contributed by atoms with E-state index in [2.05, 4.69) is 0 Å². The Morgan fingerprint density at radius 2 is 2.07 bits per heavy atom. The van der Waals surface area contributed by atoms with Crippen LogP contribution in [0.3, 0.4) is 0 Å². The van der Waals surface area contributed by atoms with E-state index in [0.717, 1.165) is 19.3 Å². The average Bonchev–Trinajstić information content (AvgIpc) is 2.09. The van der Waals surface area contributed by atoms with E-state index in [9.17, 15) is 4.79 Å². The van der Waals surface area contributed by atoms with Gasteiger partial charge in [0.2, 0.25) is 0 Å². The molecule has 0 aromatic rings. The van der Waals surface area contributed by atoms with Crippen molar-refractivity contribution in [1.29, 1.82) is 0 Å². The van der Waals surface area contributed by atoms with Crippen LogP contribution in [0.5, 0.6) is 0 Å². The van der Waals surface area contributed by atoms with E-state index in [4.69, 9.17) is 9.78 Å². The van der Waals surface area contributed by atoms with E-state index in [1.54, 1.807) is 12.2 Å². The molecule has 0 bridgehead atoms. The number of carbonyl (C=O) groups is 1. The molecule has 0 saturated carbocycles. The molecule has 1 aliphatic carbocycles. The molecule has 3 nitrogen and oxygen atoms in total. The van der Waals surface area contributed by atoms with Crippen LogP contribution in [0.1, 0.15) is 46.5 Å². The van der Waals surface area contributed by atoms with Gasteiger partial charge in [-0.3, -0.25) is 4.79 Å². The molecule has 0 heterocycles. The third kappa shape index (κ3) is 5.70. The lowest BCUT2D eigenvalue weighted by molar-refractivity contribution is -0.365. The fourth-order valence-electron chi connectivity index (χ4n) is 1.33. The summed E-state index contributed by atoms with van der Waals surface area (Å²) >= 11 is 0. The van der Waals surface area contributed by atoms with Crippen molar-refractivity contribution in [3.8, 4) is 0 Å². The Morgan fingerprint density at radius 1 is 1.33 bits per heavy atom. The largest absolute Gasteiger partial charge is 0.295 e. The van der Waals surface area contributed by atoms with E-state index in [1.807, 2.05) is 20.8 Å². The van der Waals surface area contributed by atoms with Crippen LogP contribution in [0, 0.1) is 0 Å². The van der Waals surface area contributed by atoms with Gasteiger partial charge in [0.05, 0.1) is 5.60 Å². The number of ketones is 1. The van der Waals surface area contributed by atoms with Gasteiger partial charge in [-0.1, -0.05) is 0 Å². The summed E-state index contributed by atoms with van der Waals surface area (Å²) in [5.41, 5.74) is -0.305. The van der Waals surface area contributed by atoms with Crippen LogP contribution in [0.2, 0.25) is 0 Å². The van der Waals surface area contributed by atoms with Gasteiger partial charge >= 0.3 is 0 Å². The zero-order valence-electron chi connectivity index (χ0n) is 9.79. The molecule has 3 heteroatoms. The quantitative estimate of drug-likeness (QED) is 0.521. The molecule has 0 aliphatic heterocycles. The Labute approximate surface area is 91.4 Å². The zero-order chi connectivity index (χ0) is 11.3. The molecule has 0 amide bonds. The molecular weight excluding hydrogens is 192 g/mol. The van der Waals surface area contributed by atoms with Crippen LogP contribution in [-0.2, 0) is 14.6 Å². The molecule has 1 unspecified atom stereocenters. The fourth-order valence-corrected chi connectivity index (χ4v) is 1.33. The summed E-state index contributed by atoms with van der Waals surface area (Å²) in [7, 11) is 0. The predicted octanol–water partition coefficient (Wildman–Crippen LogP) is 2.80. The number of hydrogen-bond acceptors (Lipinski definition) is 3. The molecule has 86 valence electrons. The fraction of sp³-hybridized carbons (Fsp3) is 0.750. The third-order valence-corrected chi connectivity index (χ3v) is 2.08. The zero-order valence-corrected chi connectivity index (χ0v) is 9.79. The standard InChI is InChI=1S/C12H20O3/c1-12(2,3)15-14-11-7-5-4-6-10(13)8-9-11/h8-9,11H,4-7H2,1-3H3/b9-8-. The van der Waals surface area contributed by atoms with Crippen molar-refractivity contribution in [2.24, 2.45) is 0 Å². The van der Waals surface area contributed by atoms with Crippen LogP contribution in [0.25, 0.3) is 0 Å². The smallest absolute Gasteiger partial charge is 0.155 e. The Bertz CT molecular complexity index is 238. The Balaban J connectivity index is 2.42. The number of rotatable bonds is 2. The van der Waals surface area contributed by atoms with Crippen molar-refractivity contribution in [3.63, 3.8) is 0 Å². The highest BCUT2D eigenvalue weighted by molar-refractivity contribution is 5.89. The second kappa shape index (κ2) is 5.42. The second-order valence-electron chi connectivity index (χ2n) is 4.90. The Morgan fingerprint density at radius 3 is 2.73 bits per heavy atom. The van der Waals surface area contributed by atoms with Gasteiger partial charge in [-0.15, -0.1) is 0 Å². The molecule has 1 aliphatic rings. The summed E-state index contributed by atoms with van der Waals surface area (Å²) < 4.78 is 0.